The summed E-state index contributed by atoms with van der Waals surface area (Å²) in [6.07, 6.45) is 1.31. The van der Waals surface area contributed by atoms with Crippen LogP contribution in [0.1, 0.15) is 40.5 Å². The number of carbonyl (C=O) groups excluding carboxylic acids is 1. The lowest BCUT2D eigenvalue weighted by Crippen LogP contribution is -2.61. The molecule has 2 fully saturated rings. The van der Waals surface area contributed by atoms with Crippen LogP contribution in [0.3, 0.4) is 0 Å². The number of hydrogen-bond acceptors (Lipinski definition) is 3. The van der Waals surface area contributed by atoms with Crippen LogP contribution in [0.25, 0.3) is 0 Å². The van der Waals surface area contributed by atoms with E-state index in [1.165, 1.54) is 5.06 Å². The molecule has 1 amide bonds. The summed E-state index contributed by atoms with van der Waals surface area (Å²) < 4.78 is 0. The predicted octanol–water partition coefficient (Wildman–Crippen LogP) is 1.03. The van der Waals surface area contributed by atoms with Crippen LogP contribution < -0.4 is 5.32 Å². The second kappa shape index (κ2) is 5.04. The summed E-state index contributed by atoms with van der Waals surface area (Å²) in [6.45, 7) is 11.1. The van der Waals surface area contributed by atoms with Crippen molar-refractivity contribution in [3.05, 3.63) is 0 Å². The van der Waals surface area contributed by atoms with Crippen LogP contribution in [-0.4, -0.2) is 53.1 Å². The normalized spacial score (nSPS) is 28.4. The molecule has 5 heteroatoms. The van der Waals surface area contributed by atoms with Crippen molar-refractivity contribution < 1.29 is 10.0 Å². The third kappa shape index (κ3) is 2.93. The summed E-state index contributed by atoms with van der Waals surface area (Å²) in [5.74, 6) is 0.212. The van der Waals surface area contributed by atoms with Crippen LogP contribution in [0.2, 0.25) is 0 Å². The molecule has 1 radical (unpaired) electrons. The van der Waals surface area contributed by atoms with E-state index in [1.54, 1.807) is 0 Å². The fourth-order valence-corrected chi connectivity index (χ4v) is 3.58. The standard InChI is InChI=1S/C14H26N3O2/c1-13(2)9-11(10-14(3,4)17(13)19)12(18)16-7-5-15-6-8-16/h11,15H,5-10H2,1-4H3. The molecule has 0 saturated carbocycles. The summed E-state index contributed by atoms with van der Waals surface area (Å²) in [4.78, 5) is 14.6. The number of nitrogens with one attached hydrogen (secondary N) is 1. The largest absolute Gasteiger partial charge is 0.340 e. The molecule has 2 saturated heterocycles. The van der Waals surface area contributed by atoms with Gasteiger partial charge in [-0.25, -0.2) is 0 Å². The van der Waals surface area contributed by atoms with Gasteiger partial charge >= 0.3 is 0 Å². The number of rotatable bonds is 1. The first-order valence-corrected chi connectivity index (χ1v) is 7.21. The molecule has 2 heterocycles. The minimum absolute atomic E-state index is 0.0201. The molecule has 0 aromatic carbocycles. The lowest BCUT2D eigenvalue weighted by atomic mass is 9.74. The van der Waals surface area contributed by atoms with Crippen molar-refractivity contribution in [2.75, 3.05) is 26.2 Å². The number of amides is 1. The first-order valence-electron chi connectivity index (χ1n) is 7.21. The van der Waals surface area contributed by atoms with E-state index in [1.807, 2.05) is 32.6 Å². The molecule has 0 atom stereocenters. The molecule has 0 aromatic heterocycles. The lowest BCUT2D eigenvalue weighted by Gasteiger charge is -2.50. The number of piperazine rings is 1. The summed E-state index contributed by atoms with van der Waals surface area (Å²) in [6, 6.07) is 0. The first kappa shape index (κ1) is 14.8. The van der Waals surface area contributed by atoms with Gasteiger partial charge in [0.1, 0.15) is 0 Å². The van der Waals surface area contributed by atoms with E-state index < -0.39 is 11.1 Å². The number of piperidine rings is 1. The first-order chi connectivity index (χ1) is 8.74. The summed E-state index contributed by atoms with van der Waals surface area (Å²) in [5, 5.41) is 16.7. The average Bonchev–Trinajstić information content (AvgIpc) is 2.35. The van der Waals surface area contributed by atoms with Gasteiger partial charge in [-0.3, -0.25) is 4.79 Å². The summed E-state index contributed by atoms with van der Waals surface area (Å²) in [7, 11) is 0. The van der Waals surface area contributed by atoms with Crippen LogP contribution in [0, 0.1) is 5.92 Å². The van der Waals surface area contributed by atoms with E-state index in [0.717, 1.165) is 26.2 Å². The van der Waals surface area contributed by atoms with Crippen LogP contribution in [-0.2, 0) is 10.0 Å². The van der Waals surface area contributed by atoms with Gasteiger partial charge in [-0.1, -0.05) is 0 Å². The minimum Gasteiger partial charge on any atom is -0.340 e. The Morgan fingerprint density at radius 3 is 2.00 bits per heavy atom. The van der Waals surface area contributed by atoms with Gasteiger partial charge in [0.05, 0.1) is 0 Å². The van der Waals surface area contributed by atoms with Crippen LogP contribution in [0.15, 0.2) is 0 Å². The van der Waals surface area contributed by atoms with Crippen molar-refractivity contribution in [3.8, 4) is 0 Å². The Bertz CT molecular complexity index is 331. The van der Waals surface area contributed by atoms with Gasteiger partial charge in [0, 0.05) is 43.2 Å². The van der Waals surface area contributed by atoms with E-state index >= 15 is 0 Å². The van der Waals surface area contributed by atoms with Crippen molar-refractivity contribution in [1.29, 1.82) is 0 Å². The highest BCUT2D eigenvalue weighted by atomic mass is 16.5. The minimum atomic E-state index is -0.462. The second-order valence-corrected chi connectivity index (χ2v) is 7.10. The molecule has 2 rings (SSSR count). The Morgan fingerprint density at radius 1 is 1.05 bits per heavy atom. The van der Waals surface area contributed by atoms with Crippen LogP contribution in [0.5, 0.6) is 0 Å². The number of hydrogen-bond donors (Lipinski definition) is 1. The molecule has 0 aliphatic carbocycles. The molecule has 5 nitrogen and oxygen atoms in total. The fraction of sp³-hybridized carbons (Fsp3) is 0.929. The maximum absolute atomic E-state index is 12.6. The van der Waals surface area contributed by atoms with Crippen molar-refractivity contribution >= 4 is 5.91 Å². The SMILES string of the molecule is CC1(C)CC(C(=O)N2CCNCC2)CC(C)(C)N1[O]. The van der Waals surface area contributed by atoms with Gasteiger partial charge in [0.2, 0.25) is 5.91 Å². The predicted molar refractivity (Wildman–Crippen MR) is 72.9 cm³/mol. The monoisotopic (exact) mass is 268 g/mol. The smallest absolute Gasteiger partial charge is 0.225 e. The maximum atomic E-state index is 12.6. The van der Waals surface area contributed by atoms with Crippen LogP contribution in [0.4, 0.5) is 0 Å². The van der Waals surface area contributed by atoms with Gasteiger partial charge < -0.3 is 10.2 Å². The lowest BCUT2D eigenvalue weighted by molar-refractivity contribution is -0.293. The molecule has 0 bridgehead atoms. The highest BCUT2D eigenvalue weighted by molar-refractivity contribution is 5.79. The van der Waals surface area contributed by atoms with Crippen LogP contribution >= 0.6 is 0 Å². The summed E-state index contributed by atoms with van der Waals surface area (Å²) >= 11 is 0. The zero-order valence-corrected chi connectivity index (χ0v) is 12.5. The van der Waals surface area contributed by atoms with Crippen molar-refractivity contribution in [2.45, 2.75) is 51.6 Å². The maximum Gasteiger partial charge on any atom is 0.225 e. The molecule has 2 aliphatic rings. The van der Waals surface area contributed by atoms with Gasteiger partial charge in [0.25, 0.3) is 0 Å². The zero-order valence-electron chi connectivity index (χ0n) is 12.5. The molecular weight excluding hydrogens is 242 g/mol. The quantitative estimate of drug-likeness (QED) is 0.773. The van der Waals surface area contributed by atoms with Gasteiger partial charge in [-0.15, -0.1) is 10.3 Å². The molecule has 19 heavy (non-hydrogen) atoms. The third-order valence-electron chi connectivity index (χ3n) is 4.37. The van der Waals surface area contributed by atoms with Crippen molar-refractivity contribution in [2.24, 2.45) is 5.92 Å². The van der Waals surface area contributed by atoms with E-state index in [0.29, 0.717) is 12.8 Å². The molecule has 0 spiro atoms. The van der Waals surface area contributed by atoms with Gasteiger partial charge in [-0.2, -0.15) is 0 Å². The number of hydroxylamine groups is 2. The van der Waals surface area contributed by atoms with Crippen molar-refractivity contribution in [3.63, 3.8) is 0 Å². The molecular formula is C14H26N3O2. The Kier molecular flexibility index (Phi) is 3.91. The van der Waals surface area contributed by atoms with Gasteiger partial charge in [-0.05, 0) is 40.5 Å². The third-order valence-corrected chi connectivity index (χ3v) is 4.37. The molecule has 109 valence electrons. The molecule has 0 unspecified atom stereocenters. The average molecular weight is 268 g/mol. The van der Waals surface area contributed by atoms with E-state index in [9.17, 15) is 10.0 Å². The van der Waals surface area contributed by atoms with E-state index in [-0.39, 0.29) is 11.8 Å². The topological polar surface area (TPSA) is 55.5 Å². The summed E-state index contributed by atoms with van der Waals surface area (Å²) in [5.41, 5.74) is -0.924. The number of nitrogens with zero attached hydrogens (tertiary/aromatic N) is 2. The molecule has 0 aromatic rings. The number of carbonyl (C=O) groups is 1. The highest BCUT2D eigenvalue weighted by Gasteiger charge is 2.48. The van der Waals surface area contributed by atoms with E-state index in [2.05, 4.69) is 5.32 Å². The molecule has 2 aliphatic heterocycles. The Balaban J connectivity index is 2.10. The highest BCUT2D eigenvalue weighted by Crippen LogP contribution is 2.40. The fourth-order valence-electron chi connectivity index (χ4n) is 3.58. The Hall–Kier alpha value is -0.650. The second-order valence-electron chi connectivity index (χ2n) is 7.10. The van der Waals surface area contributed by atoms with E-state index in [4.69, 9.17) is 0 Å². The zero-order chi connectivity index (χ0) is 14.3. The Morgan fingerprint density at radius 2 is 1.53 bits per heavy atom. The van der Waals surface area contributed by atoms with Crippen molar-refractivity contribution in [1.82, 2.24) is 15.3 Å². The molecule has 1 N–H and O–H groups in total. The van der Waals surface area contributed by atoms with Gasteiger partial charge in [0.15, 0.2) is 0 Å². The Labute approximate surface area is 115 Å².